The maximum Gasteiger partial charge on any atom is 0.352 e. The molecule has 0 bridgehead atoms. The fraction of sp³-hybridized carbons (Fsp3) is 0.400. The SMILES string of the molecule is Nc1nc(C(=NOC2CSC2)C(=O)NC2C(=O)N3C(C(=O)O)=CCS[C@H]23)cs1. The molecule has 0 spiro atoms. The van der Waals surface area contributed by atoms with Gasteiger partial charge in [-0.3, -0.25) is 14.5 Å². The minimum absolute atomic E-state index is 0.0637. The first-order chi connectivity index (χ1) is 13.5. The number of amides is 2. The topological polar surface area (TPSA) is 147 Å². The van der Waals surface area contributed by atoms with Crippen LogP contribution in [0.5, 0.6) is 0 Å². The smallest absolute Gasteiger partial charge is 0.352 e. The molecule has 148 valence electrons. The number of thiazole rings is 1. The van der Waals surface area contributed by atoms with Gasteiger partial charge in [0.1, 0.15) is 28.9 Å². The van der Waals surface area contributed by atoms with Gasteiger partial charge in [0, 0.05) is 22.6 Å². The fourth-order valence-corrected chi connectivity index (χ4v) is 5.04. The number of hydrogen-bond acceptors (Lipinski definition) is 10. The van der Waals surface area contributed by atoms with Crippen molar-refractivity contribution in [3.63, 3.8) is 0 Å². The van der Waals surface area contributed by atoms with Crippen LogP contribution in [0.2, 0.25) is 0 Å². The number of nitrogens with zero attached hydrogens (tertiary/aromatic N) is 3. The monoisotopic (exact) mass is 441 g/mol. The van der Waals surface area contributed by atoms with E-state index < -0.39 is 29.2 Å². The number of fused-ring (bicyclic) bond motifs is 1. The van der Waals surface area contributed by atoms with Crippen molar-refractivity contribution in [3.8, 4) is 0 Å². The van der Waals surface area contributed by atoms with Crippen LogP contribution in [0.25, 0.3) is 0 Å². The van der Waals surface area contributed by atoms with E-state index in [0.717, 1.165) is 22.8 Å². The molecule has 0 radical (unpaired) electrons. The molecule has 1 aromatic heterocycles. The summed E-state index contributed by atoms with van der Waals surface area (Å²) in [5, 5.41) is 17.2. The Morgan fingerprint density at radius 2 is 2.21 bits per heavy atom. The summed E-state index contributed by atoms with van der Waals surface area (Å²) in [5.41, 5.74) is 5.79. The number of carbonyl (C=O) groups is 3. The summed E-state index contributed by atoms with van der Waals surface area (Å²) in [6.45, 7) is 0. The molecule has 10 nitrogen and oxygen atoms in total. The summed E-state index contributed by atoms with van der Waals surface area (Å²) in [6.07, 6.45) is 1.41. The molecule has 4 heterocycles. The number of nitrogen functional groups attached to an aromatic ring is 1. The third kappa shape index (κ3) is 3.44. The molecule has 4 rings (SSSR count). The Hall–Kier alpha value is -2.25. The summed E-state index contributed by atoms with van der Waals surface area (Å²) >= 11 is 4.24. The number of rotatable bonds is 6. The van der Waals surface area contributed by atoms with Gasteiger partial charge in [0.05, 0.1) is 0 Å². The van der Waals surface area contributed by atoms with Gasteiger partial charge in [0.2, 0.25) is 0 Å². The third-order valence-corrected chi connectivity index (χ3v) is 7.30. The summed E-state index contributed by atoms with van der Waals surface area (Å²) in [5.74, 6) is -0.257. The number of aliphatic carboxylic acids is 1. The lowest BCUT2D eigenvalue weighted by molar-refractivity contribution is -0.150. The van der Waals surface area contributed by atoms with E-state index in [4.69, 9.17) is 10.6 Å². The van der Waals surface area contributed by atoms with Crippen LogP contribution < -0.4 is 11.1 Å². The molecule has 28 heavy (non-hydrogen) atoms. The Morgan fingerprint density at radius 3 is 2.82 bits per heavy atom. The van der Waals surface area contributed by atoms with E-state index in [-0.39, 0.29) is 28.3 Å². The van der Waals surface area contributed by atoms with Crippen molar-refractivity contribution in [1.82, 2.24) is 15.2 Å². The van der Waals surface area contributed by atoms with Crippen LogP contribution in [0, 0.1) is 0 Å². The zero-order chi connectivity index (χ0) is 19.8. The summed E-state index contributed by atoms with van der Waals surface area (Å²) in [4.78, 5) is 47.1. The molecular weight excluding hydrogens is 426 g/mol. The maximum atomic E-state index is 12.8. The highest BCUT2D eigenvalue weighted by Crippen LogP contribution is 2.37. The molecule has 2 fully saturated rings. The van der Waals surface area contributed by atoms with Gasteiger partial charge in [-0.2, -0.15) is 11.8 Å². The number of oxime groups is 1. The van der Waals surface area contributed by atoms with Crippen molar-refractivity contribution in [2.24, 2.45) is 5.16 Å². The lowest BCUT2D eigenvalue weighted by Crippen LogP contribution is -2.70. The Balaban J connectivity index is 1.49. The number of anilines is 1. The molecule has 3 aliphatic heterocycles. The molecule has 1 aromatic rings. The second-order valence-corrected chi connectivity index (χ2v) is 9.17. The minimum Gasteiger partial charge on any atom is -0.477 e. The van der Waals surface area contributed by atoms with Crippen LogP contribution in [-0.4, -0.2) is 73.3 Å². The number of thioether (sulfide) groups is 2. The fourth-order valence-electron chi connectivity index (χ4n) is 2.75. The normalized spacial score (nSPS) is 24.6. The first kappa shape index (κ1) is 19.1. The first-order valence-electron chi connectivity index (χ1n) is 8.17. The Labute approximate surface area is 171 Å². The van der Waals surface area contributed by atoms with E-state index in [1.807, 2.05) is 0 Å². The van der Waals surface area contributed by atoms with Gasteiger partial charge in [-0.15, -0.1) is 23.1 Å². The largest absolute Gasteiger partial charge is 0.477 e. The standard InChI is InChI=1S/C15H15N5O5S3/c16-15-17-7(5-28-15)9(19-25-6-3-26-4-6)11(21)18-10-12(22)20-8(14(23)24)1-2-27-13(10)20/h1,5-6,10,13H,2-4H2,(H2,16,17)(H,18,21)(H,23,24)/t10?,13-/m1/s1. The average Bonchev–Trinajstić information content (AvgIpc) is 3.06. The predicted octanol–water partition coefficient (Wildman–Crippen LogP) is -0.0702. The van der Waals surface area contributed by atoms with Gasteiger partial charge in [-0.05, 0) is 6.08 Å². The minimum atomic E-state index is -1.17. The van der Waals surface area contributed by atoms with Crippen LogP contribution in [-0.2, 0) is 19.2 Å². The second kappa shape index (κ2) is 7.64. The molecular formula is C15H15N5O5S3. The van der Waals surface area contributed by atoms with Gasteiger partial charge >= 0.3 is 5.97 Å². The maximum absolute atomic E-state index is 12.8. The lowest BCUT2D eigenvalue weighted by Gasteiger charge is -2.48. The van der Waals surface area contributed by atoms with E-state index in [9.17, 15) is 19.5 Å². The number of nitrogens with two attached hydrogens (primary N) is 1. The van der Waals surface area contributed by atoms with Gasteiger partial charge < -0.3 is 21.0 Å². The van der Waals surface area contributed by atoms with Gasteiger partial charge in [-0.25, -0.2) is 9.78 Å². The zero-order valence-corrected chi connectivity index (χ0v) is 16.7. The third-order valence-electron chi connectivity index (χ3n) is 4.23. The summed E-state index contributed by atoms with van der Waals surface area (Å²) in [6, 6.07) is -0.846. The molecule has 4 N–H and O–H groups in total. The van der Waals surface area contributed by atoms with Gasteiger partial charge in [0.15, 0.2) is 10.8 Å². The summed E-state index contributed by atoms with van der Waals surface area (Å²) in [7, 11) is 0. The number of aromatic nitrogens is 1. The van der Waals surface area contributed by atoms with Gasteiger partial charge in [0.25, 0.3) is 11.8 Å². The molecule has 3 aliphatic rings. The Kier molecular flexibility index (Phi) is 5.21. The first-order valence-corrected chi connectivity index (χ1v) is 11.3. The molecule has 0 aliphatic carbocycles. The van der Waals surface area contributed by atoms with Crippen LogP contribution in [0.1, 0.15) is 5.69 Å². The average molecular weight is 442 g/mol. The molecule has 0 saturated carbocycles. The quantitative estimate of drug-likeness (QED) is 0.313. The Bertz CT molecular complexity index is 896. The highest BCUT2D eigenvalue weighted by Gasteiger charge is 2.53. The molecule has 2 saturated heterocycles. The second-order valence-electron chi connectivity index (χ2n) is 6.05. The number of carbonyl (C=O) groups excluding carboxylic acids is 2. The van der Waals surface area contributed by atoms with Crippen molar-refractivity contribution < 1.29 is 24.3 Å². The number of nitrogens with one attached hydrogen (secondary N) is 1. The lowest BCUT2D eigenvalue weighted by atomic mass is 10.0. The predicted molar refractivity (Wildman–Crippen MR) is 106 cm³/mol. The van der Waals surface area contributed by atoms with Crippen LogP contribution in [0.3, 0.4) is 0 Å². The van der Waals surface area contributed by atoms with Gasteiger partial charge in [-0.1, -0.05) is 5.16 Å². The number of carboxylic acid groups (broad SMARTS) is 1. The molecule has 2 amide bonds. The molecule has 2 atom stereocenters. The van der Waals surface area contributed by atoms with E-state index >= 15 is 0 Å². The van der Waals surface area contributed by atoms with Crippen LogP contribution >= 0.6 is 34.9 Å². The molecule has 1 unspecified atom stereocenters. The molecule has 13 heteroatoms. The van der Waals surface area contributed by atoms with Crippen LogP contribution in [0.4, 0.5) is 5.13 Å². The highest BCUT2D eigenvalue weighted by molar-refractivity contribution is 8.00. The van der Waals surface area contributed by atoms with Crippen molar-refractivity contribution in [3.05, 3.63) is 22.8 Å². The van der Waals surface area contributed by atoms with Crippen LogP contribution in [0.15, 0.2) is 22.3 Å². The zero-order valence-electron chi connectivity index (χ0n) is 14.2. The molecule has 0 aromatic carbocycles. The van der Waals surface area contributed by atoms with Crippen molar-refractivity contribution in [2.45, 2.75) is 17.5 Å². The Morgan fingerprint density at radius 1 is 1.43 bits per heavy atom. The number of hydrogen-bond donors (Lipinski definition) is 3. The highest BCUT2D eigenvalue weighted by atomic mass is 32.2. The van der Waals surface area contributed by atoms with Crippen molar-refractivity contribution >= 4 is 63.5 Å². The number of carboxylic acids is 1. The van der Waals surface area contributed by atoms with E-state index in [0.29, 0.717) is 5.75 Å². The van der Waals surface area contributed by atoms with Crippen molar-refractivity contribution in [2.75, 3.05) is 23.0 Å². The summed E-state index contributed by atoms with van der Waals surface area (Å²) < 4.78 is 0. The van der Waals surface area contributed by atoms with E-state index in [1.165, 1.54) is 22.7 Å². The van der Waals surface area contributed by atoms with E-state index in [1.54, 1.807) is 17.1 Å². The van der Waals surface area contributed by atoms with Crippen molar-refractivity contribution in [1.29, 1.82) is 0 Å². The number of β-lactam (4-membered cyclic amide) rings is 1. The van der Waals surface area contributed by atoms with E-state index in [2.05, 4.69) is 15.5 Å².